The van der Waals surface area contributed by atoms with Crippen molar-refractivity contribution < 1.29 is 19.8 Å². The van der Waals surface area contributed by atoms with E-state index in [1.807, 2.05) is 16.0 Å². The van der Waals surface area contributed by atoms with Crippen LogP contribution in [0, 0.1) is 0 Å². The molecule has 0 aliphatic carbocycles. The van der Waals surface area contributed by atoms with Crippen LogP contribution in [0.2, 0.25) is 5.02 Å². The van der Waals surface area contributed by atoms with Gasteiger partial charge in [-0.25, -0.2) is 14.6 Å². The van der Waals surface area contributed by atoms with Crippen LogP contribution in [0.3, 0.4) is 0 Å². The van der Waals surface area contributed by atoms with Gasteiger partial charge >= 0.3 is 11.9 Å². The zero-order valence-corrected chi connectivity index (χ0v) is 17.9. The number of thiophene rings is 1. The molecule has 0 spiro atoms. The summed E-state index contributed by atoms with van der Waals surface area (Å²) in [5.74, 6) is -1.24. The number of hydrogen-bond donors (Lipinski definition) is 2. The molecule has 0 aliphatic heterocycles. The Morgan fingerprint density at radius 3 is 2.67 bits per heavy atom. The monoisotopic (exact) mass is 444 g/mol. The number of hydrogen-bond acceptors (Lipinski definition) is 4. The molecule has 0 saturated carbocycles. The molecule has 3 rings (SSSR count). The highest BCUT2D eigenvalue weighted by Gasteiger charge is 2.16. The van der Waals surface area contributed by atoms with Gasteiger partial charge in [-0.15, -0.1) is 11.3 Å². The number of aliphatic carboxylic acids is 1. The van der Waals surface area contributed by atoms with Crippen molar-refractivity contribution >= 4 is 46.5 Å². The predicted octanol–water partition coefficient (Wildman–Crippen LogP) is 5.31. The second kappa shape index (κ2) is 9.73. The minimum absolute atomic E-state index is 0.0447. The van der Waals surface area contributed by atoms with Crippen molar-refractivity contribution in [3.05, 3.63) is 74.5 Å². The Balaban J connectivity index is 2.03. The van der Waals surface area contributed by atoms with Gasteiger partial charge in [-0.1, -0.05) is 37.1 Å². The summed E-state index contributed by atoms with van der Waals surface area (Å²) in [5.41, 5.74) is 1.73. The molecule has 0 saturated heterocycles. The molecule has 3 aromatic rings. The SMILES string of the molecule is CCCCc1ncc(/C=C(/C(=O)O)c2cccs2)n1Cc1ccc(C(=O)O)c(Cl)c1. The average Bonchev–Trinajstić information content (AvgIpc) is 3.34. The van der Waals surface area contributed by atoms with Crippen LogP contribution in [0.5, 0.6) is 0 Å². The van der Waals surface area contributed by atoms with Crippen molar-refractivity contribution in [2.45, 2.75) is 32.7 Å². The Hall–Kier alpha value is -2.90. The lowest BCUT2D eigenvalue weighted by Crippen LogP contribution is -2.09. The third kappa shape index (κ3) is 4.98. The molecule has 1 aromatic carbocycles. The summed E-state index contributed by atoms with van der Waals surface area (Å²) in [6.45, 7) is 2.50. The summed E-state index contributed by atoms with van der Waals surface area (Å²) in [6.07, 6.45) is 6.02. The molecular formula is C22H21ClN2O4S. The molecule has 30 heavy (non-hydrogen) atoms. The number of benzene rings is 1. The first-order valence-electron chi connectivity index (χ1n) is 9.45. The van der Waals surface area contributed by atoms with E-state index >= 15 is 0 Å². The van der Waals surface area contributed by atoms with Crippen LogP contribution in [0.15, 0.2) is 41.9 Å². The highest BCUT2D eigenvalue weighted by Crippen LogP contribution is 2.25. The highest BCUT2D eigenvalue weighted by atomic mass is 35.5. The summed E-state index contributed by atoms with van der Waals surface area (Å²) in [7, 11) is 0. The first-order chi connectivity index (χ1) is 14.4. The second-order valence-corrected chi connectivity index (χ2v) is 8.10. The van der Waals surface area contributed by atoms with E-state index in [0.717, 1.165) is 30.7 Å². The fraction of sp³-hybridized carbons (Fsp3) is 0.227. The largest absolute Gasteiger partial charge is 0.478 e. The fourth-order valence-electron chi connectivity index (χ4n) is 3.09. The lowest BCUT2D eigenvalue weighted by molar-refractivity contribution is -0.130. The van der Waals surface area contributed by atoms with E-state index in [0.29, 0.717) is 17.1 Å². The van der Waals surface area contributed by atoms with Gasteiger partial charge in [0, 0.05) is 17.8 Å². The van der Waals surface area contributed by atoms with E-state index < -0.39 is 11.9 Å². The van der Waals surface area contributed by atoms with Crippen LogP contribution in [0.25, 0.3) is 11.6 Å². The van der Waals surface area contributed by atoms with E-state index in [1.54, 1.807) is 30.5 Å². The lowest BCUT2D eigenvalue weighted by atomic mass is 10.1. The Labute approximate surface area is 183 Å². The number of halogens is 1. The van der Waals surface area contributed by atoms with Crippen LogP contribution in [-0.2, 0) is 17.8 Å². The normalized spacial score (nSPS) is 11.6. The van der Waals surface area contributed by atoms with Crippen LogP contribution in [0.1, 0.15) is 52.1 Å². The van der Waals surface area contributed by atoms with Gasteiger partial charge in [0.2, 0.25) is 0 Å². The van der Waals surface area contributed by atoms with Crippen molar-refractivity contribution in [2.75, 3.05) is 0 Å². The quantitative estimate of drug-likeness (QED) is 0.436. The van der Waals surface area contributed by atoms with Crippen molar-refractivity contribution in [2.24, 2.45) is 0 Å². The van der Waals surface area contributed by atoms with Gasteiger partial charge < -0.3 is 14.8 Å². The second-order valence-electron chi connectivity index (χ2n) is 6.75. The number of carbonyl (C=O) groups is 2. The van der Waals surface area contributed by atoms with Gasteiger partial charge in [-0.2, -0.15) is 0 Å². The maximum atomic E-state index is 11.8. The maximum absolute atomic E-state index is 11.8. The van der Waals surface area contributed by atoms with Crippen LogP contribution >= 0.6 is 22.9 Å². The van der Waals surface area contributed by atoms with Gasteiger partial charge in [-0.3, -0.25) is 0 Å². The number of imidazole rings is 1. The standard InChI is InChI=1S/C22H21ClN2O4S/c1-2-3-6-20-24-12-15(11-17(22(28)29)19-5-4-9-30-19)25(20)13-14-7-8-16(21(26)27)18(23)10-14/h4-5,7-12H,2-3,6,13H2,1H3,(H,26,27)(H,28,29)/b17-11+. The number of nitrogens with zero attached hydrogens (tertiary/aromatic N) is 2. The van der Waals surface area contributed by atoms with Crippen LogP contribution < -0.4 is 0 Å². The summed E-state index contributed by atoms with van der Waals surface area (Å²) in [4.78, 5) is 28.2. The van der Waals surface area contributed by atoms with E-state index in [4.69, 9.17) is 11.6 Å². The van der Waals surface area contributed by atoms with E-state index in [9.17, 15) is 19.8 Å². The van der Waals surface area contributed by atoms with Crippen LogP contribution in [-0.4, -0.2) is 31.7 Å². The molecule has 0 bridgehead atoms. The van der Waals surface area contributed by atoms with Gasteiger partial charge in [0.15, 0.2) is 0 Å². The minimum atomic E-state index is -1.08. The molecule has 156 valence electrons. The number of rotatable bonds is 9. The summed E-state index contributed by atoms with van der Waals surface area (Å²) < 4.78 is 1.96. The molecule has 2 aromatic heterocycles. The molecule has 6 nitrogen and oxygen atoms in total. The van der Waals surface area contributed by atoms with Crippen LogP contribution in [0.4, 0.5) is 0 Å². The van der Waals surface area contributed by atoms with Gasteiger partial charge in [-0.05, 0) is 41.6 Å². The number of carboxylic acid groups (broad SMARTS) is 2. The number of aromatic nitrogens is 2. The third-order valence-corrected chi connectivity index (χ3v) is 5.85. The maximum Gasteiger partial charge on any atom is 0.337 e. The Bertz CT molecular complexity index is 1090. The molecule has 0 fully saturated rings. The summed E-state index contributed by atoms with van der Waals surface area (Å²) >= 11 is 7.49. The fourth-order valence-corrected chi connectivity index (χ4v) is 4.11. The topological polar surface area (TPSA) is 92.4 Å². The molecular weight excluding hydrogens is 424 g/mol. The molecule has 2 heterocycles. The number of aryl methyl sites for hydroxylation is 1. The molecule has 8 heteroatoms. The smallest absolute Gasteiger partial charge is 0.337 e. The molecule has 0 amide bonds. The van der Waals surface area contributed by atoms with Crippen molar-refractivity contribution in [1.29, 1.82) is 0 Å². The van der Waals surface area contributed by atoms with Crippen molar-refractivity contribution in [3.8, 4) is 0 Å². The molecule has 0 aliphatic rings. The average molecular weight is 445 g/mol. The Morgan fingerprint density at radius 2 is 2.07 bits per heavy atom. The predicted molar refractivity (Wildman–Crippen MR) is 118 cm³/mol. The summed E-state index contributed by atoms with van der Waals surface area (Å²) in [5, 5.41) is 20.9. The molecule has 0 unspecified atom stereocenters. The van der Waals surface area contributed by atoms with E-state index in [1.165, 1.54) is 17.4 Å². The van der Waals surface area contributed by atoms with E-state index in [2.05, 4.69) is 11.9 Å². The van der Waals surface area contributed by atoms with Crippen molar-refractivity contribution in [3.63, 3.8) is 0 Å². The van der Waals surface area contributed by atoms with Gasteiger partial charge in [0.1, 0.15) is 5.82 Å². The summed E-state index contributed by atoms with van der Waals surface area (Å²) in [6, 6.07) is 8.40. The van der Waals surface area contributed by atoms with Crippen molar-refractivity contribution in [1.82, 2.24) is 9.55 Å². The number of aromatic carboxylic acids is 1. The van der Waals surface area contributed by atoms with Gasteiger partial charge in [0.05, 0.1) is 28.0 Å². The zero-order chi connectivity index (χ0) is 21.7. The molecule has 0 radical (unpaired) electrons. The number of carboxylic acids is 2. The van der Waals surface area contributed by atoms with E-state index in [-0.39, 0.29) is 16.2 Å². The number of unbranched alkanes of at least 4 members (excludes halogenated alkanes) is 1. The lowest BCUT2D eigenvalue weighted by Gasteiger charge is -2.12. The highest BCUT2D eigenvalue weighted by molar-refractivity contribution is 7.11. The minimum Gasteiger partial charge on any atom is -0.478 e. The first-order valence-corrected chi connectivity index (χ1v) is 10.7. The first kappa shape index (κ1) is 21.8. The van der Waals surface area contributed by atoms with Gasteiger partial charge in [0.25, 0.3) is 0 Å². The Kier molecular flexibility index (Phi) is 7.07. The molecule has 0 atom stereocenters. The molecule has 2 N–H and O–H groups in total. The zero-order valence-electron chi connectivity index (χ0n) is 16.3. The third-order valence-electron chi connectivity index (χ3n) is 4.64. The Morgan fingerprint density at radius 1 is 1.27 bits per heavy atom.